The van der Waals surface area contributed by atoms with E-state index in [0.717, 1.165) is 17.4 Å². The van der Waals surface area contributed by atoms with Gasteiger partial charge in [-0.1, -0.05) is 12.1 Å². The van der Waals surface area contributed by atoms with Crippen LogP contribution in [0.2, 0.25) is 0 Å². The average molecular weight is 229 g/mol. The van der Waals surface area contributed by atoms with Gasteiger partial charge in [-0.15, -0.1) is 0 Å². The van der Waals surface area contributed by atoms with Crippen LogP contribution >= 0.6 is 0 Å². The van der Waals surface area contributed by atoms with Gasteiger partial charge in [0, 0.05) is 30.2 Å². The van der Waals surface area contributed by atoms with E-state index in [1.165, 1.54) is 0 Å². The van der Waals surface area contributed by atoms with E-state index in [9.17, 15) is 4.79 Å². The maximum atomic E-state index is 11.8. The number of amides is 1. The third-order valence-electron chi connectivity index (χ3n) is 2.53. The average Bonchev–Trinajstić information content (AvgIpc) is 2.38. The first-order valence-corrected chi connectivity index (χ1v) is 5.59. The van der Waals surface area contributed by atoms with Gasteiger partial charge in [-0.3, -0.25) is 9.78 Å². The van der Waals surface area contributed by atoms with Crippen LogP contribution in [0.5, 0.6) is 0 Å². The zero-order valence-electron chi connectivity index (χ0n) is 9.73. The number of nitrogens with one attached hydrogen (secondary N) is 2. The van der Waals surface area contributed by atoms with Crippen molar-refractivity contribution in [3.05, 3.63) is 42.1 Å². The molecule has 0 saturated heterocycles. The van der Waals surface area contributed by atoms with Gasteiger partial charge in [-0.2, -0.15) is 0 Å². The molecule has 0 aliphatic heterocycles. The Balaban J connectivity index is 2.15. The maximum Gasteiger partial charge on any atom is 0.251 e. The number of hydrogen-bond acceptors (Lipinski definition) is 3. The van der Waals surface area contributed by atoms with E-state index in [-0.39, 0.29) is 5.91 Å². The fourth-order valence-corrected chi connectivity index (χ4v) is 1.61. The van der Waals surface area contributed by atoms with Crippen molar-refractivity contribution in [3.63, 3.8) is 0 Å². The Hall–Kier alpha value is -1.94. The van der Waals surface area contributed by atoms with Crippen LogP contribution in [0.25, 0.3) is 10.9 Å². The topological polar surface area (TPSA) is 54.0 Å². The number of likely N-dealkylation sites (N-methyl/N-ethyl adjacent to an activating group) is 1. The smallest absolute Gasteiger partial charge is 0.251 e. The van der Waals surface area contributed by atoms with Crippen molar-refractivity contribution in [2.45, 2.75) is 0 Å². The highest BCUT2D eigenvalue weighted by Gasteiger charge is 2.05. The van der Waals surface area contributed by atoms with E-state index >= 15 is 0 Å². The van der Waals surface area contributed by atoms with Crippen LogP contribution in [-0.4, -0.2) is 31.0 Å². The molecule has 88 valence electrons. The molecule has 0 spiro atoms. The third-order valence-corrected chi connectivity index (χ3v) is 2.53. The lowest BCUT2D eigenvalue weighted by molar-refractivity contribution is 0.0954. The fraction of sp³-hybridized carbons (Fsp3) is 0.231. The van der Waals surface area contributed by atoms with Crippen LogP contribution in [0, 0.1) is 0 Å². The summed E-state index contributed by atoms with van der Waals surface area (Å²) in [4.78, 5) is 16.0. The number of rotatable bonds is 4. The number of benzene rings is 1. The van der Waals surface area contributed by atoms with Crippen LogP contribution in [-0.2, 0) is 0 Å². The molecule has 2 N–H and O–H groups in total. The van der Waals surface area contributed by atoms with Crippen LogP contribution in [0.1, 0.15) is 10.4 Å². The molecule has 0 saturated carbocycles. The number of carbonyl (C=O) groups excluding carboxylic acids is 1. The Bertz CT molecular complexity index is 525. The van der Waals surface area contributed by atoms with Gasteiger partial charge in [0.05, 0.1) is 5.52 Å². The summed E-state index contributed by atoms with van der Waals surface area (Å²) in [5.74, 6) is -0.0622. The van der Waals surface area contributed by atoms with Crippen molar-refractivity contribution in [2.75, 3.05) is 20.1 Å². The number of carbonyl (C=O) groups is 1. The van der Waals surface area contributed by atoms with Gasteiger partial charge in [0.25, 0.3) is 5.91 Å². The zero-order valence-corrected chi connectivity index (χ0v) is 9.73. The second kappa shape index (κ2) is 5.41. The summed E-state index contributed by atoms with van der Waals surface area (Å²) in [6, 6.07) is 9.40. The molecule has 0 radical (unpaired) electrons. The van der Waals surface area contributed by atoms with Crippen molar-refractivity contribution in [1.82, 2.24) is 15.6 Å². The first kappa shape index (κ1) is 11.5. The van der Waals surface area contributed by atoms with Crippen LogP contribution < -0.4 is 10.6 Å². The molecule has 4 heteroatoms. The van der Waals surface area contributed by atoms with Crippen LogP contribution in [0.15, 0.2) is 36.5 Å². The van der Waals surface area contributed by atoms with Gasteiger partial charge >= 0.3 is 0 Å². The van der Waals surface area contributed by atoms with Crippen LogP contribution in [0.4, 0.5) is 0 Å². The lowest BCUT2D eigenvalue weighted by Gasteiger charge is -2.05. The normalized spacial score (nSPS) is 10.4. The van der Waals surface area contributed by atoms with Crippen molar-refractivity contribution in [2.24, 2.45) is 0 Å². The van der Waals surface area contributed by atoms with Gasteiger partial charge in [-0.05, 0) is 25.2 Å². The molecule has 1 aromatic carbocycles. The molecule has 0 aliphatic carbocycles. The molecule has 0 atom stereocenters. The first-order chi connectivity index (χ1) is 8.31. The highest BCUT2D eigenvalue weighted by atomic mass is 16.1. The summed E-state index contributed by atoms with van der Waals surface area (Å²) >= 11 is 0. The molecule has 0 unspecified atom stereocenters. The monoisotopic (exact) mass is 229 g/mol. The summed E-state index contributed by atoms with van der Waals surface area (Å²) in [5.41, 5.74) is 1.49. The second-order valence-corrected chi connectivity index (χ2v) is 3.77. The largest absolute Gasteiger partial charge is 0.351 e. The molecule has 1 heterocycles. The number of fused-ring (bicyclic) bond motifs is 1. The highest BCUT2D eigenvalue weighted by Crippen LogP contribution is 2.12. The number of hydrogen-bond donors (Lipinski definition) is 2. The van der Waals surface area contributed by atoms with Crippen molar-refractivity contribution in [1.29, 1.82) is 0 Å². The standard InChI is InChI=1S/C13H15N3O/c1-14-7-8-16-13(17)11-5-4-10-3-2-6-15-12(10)9-11/h2-6,9,14H,7-8H2,1H3,(H,16,17). The minimum atomic E-state index is -0.0622. The minimum absolute atomic E-state index is 0.0622. The first-order valence-electron chi connectivity index (χ1n) is 5.59. The molecular weight excluding hydrogens is 214 g/mol. The summed E-state index contributed by atoms with van der Waals surface area (Å²) in [6.07, 6.45) is 1.73. The van der Waals surface area contributed by atoms with Crippen molar-refractivity contribution >= 4 is 16.8 Å². The van der Waals surface area contributed by atoms with E-state index in [2.05, 4.69) is 15.6 Å². The molecule has 4 nitrogen and oxygen atoms in total. The molecule has 1 amide bonds. The van der Waals surface area contributed by atoms with E-state index in [0.29, 0.717) is 12.1 Å². The molecule has 17 heavy (non-hydrogen) atoms. The number of nitrogens with zero attached hydrogens (tertiary/aromatic N) is 1. The summed E-state index contributed by atoms with van der Waals surface area (Å²) in [6.45, 7) is 1.38. The minimum Gasteiger partial charge on any atom is -0.351 e. The van der Waals surface area contributed by atoms with E-state index < -0.39 is 0 Å². The summed E-state index contributed by atoms with van der Waals surface area (Å²) < 4.78 is 0. The Morgan fingerprint density at radius 3 is 3.00 bits per heavy atom. The highest BCUT2D eigenvalue weighted by molar-refractivity contribution is 5.97. The number of aromatic nitrogens is 1. The van der Waals surface area contributed by atoms with Crippen LogP contribution in [0.3, 0.4) is 0 Å². The Labute approximate surface area is 100 Å². The van der Waals surface area contributed by atoms with Crippen molar-refractivity contribution in [3.8, 4) is 0 Å². The van der Waals surface area contributed by atoms with Crippen molar-refractivity contribution < 1.29 is 4.79 Å². The Morgan fingerprint density at radius 1 is 1.29 bits per heavy atom. The fourth-order valence-electron chi connectivity index (χ4n) is 1.61. The summed E-state index contributed by atoms with van der Waals surface area (Å²) in [5, 5.41) is 6.85. The van der Waals surface area contributed by atoms with Gasteiger partial charge in [0.1, 0.15) is 0 Å². The molecule has 0 aliphatic rings. The van der Waals surface area contributed by atoms with Gasteiger partial charge < -0.3 is 10.6 Å². The van der Waals surface area contributed by atoms with Gasteiger partial charge in [0.2, 0.25) is 0 Å². The molecule has 0 bridgehead atoms. The number of pyridine rings is 1. The summed E-state index contributed by atoms with van der Waals surface area (Å²) in [7, 11) is 1.85. The second-order valence-electron chi connectivity index (χ2n) is 3.77. The van der Waals surface area contributed by atoms with Gasteiger partial charge in [-0.25, -0.2) is 0 Å². The van der Waals surface area contributed by atoms with E-state index in [1.54, 1.807) is 6.20 Å². The third kappa shape index (κ3) is 2.79. The molecule has 0 fully saturated rings. The molecular formula is C13H15N3O. The SMILES string of the molecule is CNCCNC(=O)c1ccc2cccnc2c1. The Morgan fingerprint density at radius 2 is 2.18 bits per heavy atom. The van der Waals surface area contributed by atoms with E-state index in [1.807, 2.05) is 37.4 Å². The zero-order chi connectivity index (χ0) is 12.1. The maximum absolute atomic E-state index is 11.8. The van der Waals surface area contributed by atoms with E-state index in [4.69, 9.17) is 0 Å². The molecule has 2 rings (SSSR count). The Kier molecular flexibility index (Phi) is 3.67. The predicted molar refractivity (Wildman–Crippen MR) is 68.0 cm³/mol. The predicted octanol–water partition coefficient (Wildman–Crippen LogP) is 1.18. The molecule has 1 aromatic heterocycles. The quantitative estimate of drug-likeness (QED) is 0.774. The lowest BCUT2D eigenvalue weighted by atomic mass is 10.1. The molecule has 2 aromatic rings. The lowest BCUT2D eigenvalue weighted by Crippen LogP contribution is -2.30. The van der Waals surface area contributed by atoms with Gasteiger partial charge in [0.15, 0.2) is 0 Å².